The third-order valence-electron chi connectivity index (χ3n) is 3.35. The quantitative estimate of drug-likeness (QED) is 0.716. The van der Waals surface area contributed by atoms with Gasteiger partial charge in [-0.05, 0) is 38.4 Å². The molecule has 3 heteroatoms. The minimum Gasteiger partial charge on any atom is -0.330 e. The Labute approximate surface area is 86.6 Å². The van der Waals surface area contributed by atoms with Gasteiger partial charge in [0.2, 0.25) is 0 Å². The van der Waals surface area contributed by atoms with Gasteiger partial charge < -0.3 is 5.73 Å². The van der Waals surface area contributed by atoms with Crippen LogP contribution in [-0.2, 0) is 4.79 Å². The van der Waals surface area contributed by atoms with E-state index in [1.165, 1.54) is 0 Å². The summed E-state index contributed by atoms with van der Waals surface area (Å²) in [5.74, 6) is 0.512. The number of likely N-dealkylation sites (N-methyl/N-ethyl adjacent to an activating group) is 1. The smallest absolute Gasteiger partial charge is 0.150 e. The van der Waals surface area contributed by atoms with Crippen molar-refractivity contribution < 1.29 is 4.79 Å². The molecule has 2 N–H and O–H groups in total. The maximum Gasteiger partial charge on any atom is 0.150 e. The van der Waals surface area contributed by atoms with Crippen LogP contribution in [0.4, 0.5) is 0 Å². The second-order valence-electron chi connectivity index (χ2n) is 5.07. The molecule has 14 heavy (non-hydrogen) atoms. The van der Waals surface area contributed by atoms with Crippen LogP contribution in [0.5, 0.6) is 0 Å². The van der Waals surface area contributed by atoms with Gasteiger partial charge in [-0.2, -0.15) is 0 Å². The van der Waals surface area contributed by atoms with Crippen LogP contribution in [0, 0.1) is 11.3 Å². The van der Waals surface area contributed by atoms with E-state index in [0.717, 1.165) is 19.4 Å². The first kappa shape index (κ1) is 11.7. The molecule has 0 radical (unpaired) electrons. The molecule has 3 nitrogen and oxygen atoms in total. The molecule has 0 bridgehead atoms. The predicted molar refractivity (Wildman–Crippen MR) is 58.1 cm³/mol. The lowest BCUT2D eigenvalue weighted by molar-refractivity contribution is -0.125. The van der Waals surface area contributed by atoms with Gasteiger partial charge in [-0.15, -0.1) is 0 Å². The summed E-state index contributed by atoms with van der Waals surface area (Å²) in [5, 5.41) is 0. The summed E-state index contributed by atoms with van der Waals surface area (Å²) in [7, 11) is 2.01. The first-order valence-corrected chi connectivity index (χ1v) is 5.38. The Morgan fingerprint density at radius 1 is 1.57 bits per heavy atom. The van der Waals surface area contributed by atoms with Crippen LogP contribution in [0.25, 0.3) is 0 Å². The van der Waals surface area contributed by atoms with Gasteiger partial charge in [-0.3, -0.25) is 9.69 Å². The molecule has 0 aromatic rings. The molecule has 1 heterocycles. The first-order chi connectivity index (χ1) is 6.47. The molecule has 1 unspecified atom stereocenters. The topological polar surface area (TPSA) is 46.3 Å². The average molecular weight is 198 g/mol. The fourth-order valence-corrected chi connectivity index (χ4v) is 2.26. The number of carbonyl (C=O) groups is 1. The van der Waals surface area contributed by atoms with Crippen molar-refractivity contribution in [2.45, 2.75) is 26.7 Å². The van der Waals surface area contributed by atoms with E-state index >= 15 is 0 Å². The van der Waals surface area contributed by atoms with E-state index < -0.39 is 0 Å². The molecule has 1 rings (SSSR count). The largest absolute Gasteiger partial charge is 0.330 e. The van der Waals surface area contributed by atoms with E-state index in [1.807, 2.05) is 7.05 Å². The standard InChI is InChI=1S/C11H22N2O/c1-11(2)5-7-13(3)8-10(14)9(11)4-6-12/h9H,4-8,12H2,1-3H3. The Kier molecular flexibility index (Phi) is 3.67. The van der Waals surface area contributed by atoms with Crippen molar-refractivity contribution in [1.29, 1.82) is 0 Å². The zero-order chi connectivity index (χ0) is 10.8. The molecular formula is C11H22N2O. The second kappa shape index (κ2) is 4.41. The maximum absolute atomic E-state index is 11.9. The van der Waals surface area contributed by atoms with E-state index in [9.17, 15) is 4.79 Å². The summed E-state index contributed by atoms with van der Waals surface area (Å²) in [6.45, 7) is 6.59. The van der Waals surface area contributed by atoms with Crippen LogP contribution < -0.4 is 5.73 Å². The number of nitrogens with zero attached hydrogens (tertiary/aromatic N) is 1. The van der Waals surface area contributed by atoms with E-state index in [-0.39, 0.29) is 11.3 Å². The lowest BCUT2D eigenvalue weighted by Gasteiger charge is -2.30. The zero-order valence-corrected chi connectivity index (χ0v) is 9.55. The van der Waals surface area contributed by atoms with Gasteiger partial charge in [0.05, 0.1) is 6.54 Å². The van der Waals surface area contributed by atoms with Crippen LogP contribution in [0.1, 0.15) is 26.7 Å². The maximum atomic E-state index is 11.9. The molecule has 0 aromatic heterocycles. The lowest BCUT2D eigenvalue weighted by atomic mass is 9.73. The van der Waals surface area contributed by atoms with Gasteiger partial charge >= 0.3 is 0 Å². The average Bonchev–Trinajstić information content (AvgIpc) is 2.17. The number of likely N-dealkylation sites (tertiary alicyclic amines) is 1. The first-order valence-electron chi connectivity index (χ1n) is 5.38. The van der Waals surface area contributed by atoms with Crippen LogP contribution in [-0.4, -0.2) is 37.4 Å². The van der Waals surface area contributed by atoms with Gasteiger partial charge in [-0.1, -0.05) is 13.8 Å². The highest BCUT2D eigenvalue weighted by molar-refractivity contribution is 5.84. The number of rotatable bonds is 2. The van der Waals surface area contributed by atoms with Crippen molar-refractivity contribution in [2.75, 3.05) is 26.7 Å². The van der Waals surface area contributed by atoms with Crippen molar-refractivity contribution in [3.63, 3.8) is 0 Å². The van der Waals surface area contributed by atoms with Gasteiger partial charge in [0.25, 0.3) is 0 Å². The summed E-state index contributed by atoms with van der Waals surface area (Å²) < 4.78 is 0. The molecule has 0 aliphatic carbocycles. The van der Waals surface area contributed by atoms with E-state index in [1.54, 1.807) is 0 Å². The molecule has 0 spiro atoms. The number of nitrogens with two attached hydrogens (primary N) is 1. The van der Waals surface area contributed by atoms with Crippen molar-refractivity contribution in [1.82, 2.24) is 4.90 Å². The summed E-state index contributed by atoms with van der Waals surface area (Å²) >= 11 is 0. The Morgan fingerprint density at radius 2 is 2.21 bits per heavy atom. The molecule has 1 aliphatic heterocycles. The highest BCUT2D eigenvalue weighted by atomic mass is 16.1. The molecule has 82 valence electrons. The van der Waals surface area contributed by atoms with Crippen molar-refractivity contribution in [3.05, 3.63) is 0 Å². The monoisotopic (exact) mass is 198 g/mol. The van der Waals surface area contributed by atoms with Crippen molar-refractivity contribution >= 4 is 5.78 Å². The number of hydrogen-bond donors (Lipinski definition) is 1. The van der Waals surface area contributed by atoms with Crippen LogP contribution in [0.15, 0.2) is 0 Å². The third kappa shape index (κ3) is 2.55. The minimum absolute atomic E-state index is 0.112. The van der Waals surface area contributed by atoms with Gasteiger partial charge in [-0.25, -0.2) is 0 Å². The molecule has 1 atom stereocenters. The molecular weight excluding hydrogens is 176 g/mol. The molecule has 1 saturated heterocycles. The molecule has 1 aliphatic rings. The Balaban J connectivity index is 2.79. The lowest BCUT2D eigenvalue weighted by Crippen LogP contribution is -2.33. The van der Waals surface area contributed by atoms with E-state index in [2.05, 4.69) is 18.7 Å². The van der Waals surface area contributed by atoms with Crippen LogP contribution in [0.3, 0.4) is 0 Å². The molecule has 1 fully saturated rings. The fourth-order valence-electron chi connectivity index (χ4n) is 2.26. The highest BCUT2D eigenvalue weighted by Gasteiger charge is 2.36. The van der Waals surface area contributed by atoms with E-state index in [0.29, 0.717) is 18.9 Å². The van der Waals surface area contributed by atoms with Gasteiger partial charge in [0.1, 0.15) is 5.78 Å². The van der Waals surface area contributed by atoms with Crippen molar-refractivity contribution in [3.8, 4) is 0 Å². The molecule has 0 amide bonds. The summed E-state index contributed by atoms with van der Waals surface area (Å²) in [6.07, 6.45) is 1.92. The van der Waals surface area contributed by atoms with Gasteiger partial charge in [0, 0.05) is 5.92 Å². The Morgan fingerprint density at radius 3 is 2.79 bits per heavy atom. The molecule has 0 aromatic carbocycles. The zero-order valence-electron chi connectivity index (χ0n) is 9.55. The highest BCUT2D eigenvalue weighted by Crippen LogP contribution is 2.35. The van der Waals surface area contributed by atoms with Gasteiger partial charge in [0.15, 0.2) is 0 Å². The van der Waals surface area contributed by atoms with E-state index in [4.69, 9.17) is 5.73 Å². The second-order valence-corrected chi connectivity index (χ2v) is 5.07. The third-order valence-corrected chi connectivity index (χ3v) is 3.35. The predicted octanol–water partition coefficient (Wildman–Crippen LogP) is 0.882. The Bertz CT molecular complexity index is 213. The summed E-state index contributed by atoms with van der Waals surface area (Å²) in [4.78, 5) is 14.0. The summed E-state index contributed by atoms with van der Waals surface area (Å²) in [6, 6.07) is 0. The number of ketones is 1. The summed E-state index contributed by atoms with van der Waals surface area (Å²) in [5.41, 5.74) is 5.67. The fraction of sp³-hybridized carbons (Fsp3) is 0.909. The van der Waals surface area contributed by atoms with Crippen LogP contribution >= 0.6 is 0 Å². The number of Topliss-reactive ketones (excluding diaryl/α,β-unsaturated/α-hetero) is 1. The molecule has 0 saturated carbocycles. The SMILES string of the molecule is CN1CCC(C)(C)C(CCN)C(=O)C1. The van der Waals surface area contributed by atoms with Crippen molar-refractivity contribution in [2.24, 2.45) is 17.1 Å². The Hall–Kier alpha value is -0.410. The minimum atomic E-state index is 0.112. The van der Waals surface area contributed by atoms with Crippen LogP contribution in [0.2, 0.25) is 0 Å². The number of carbonyl (C=O) groups excluding carboxylic acids is 1. The normalized spacial score (nSPS) is 28.9. The number of hydrogen-bond acceptors (Lipinski definition) is 3.